The quantitative estimate of drug-likeness (QED) is 0.210. The molecule has 0 bridgehead atoms. The third-order valence-electron chi connectivity index (χ3n) is 9.90. The van der Waals surface area contributed by atoms with Gasteiger partial charge in [0.05, 0.1) is 46.5 Å². The first kappa shape index (κ1) is 31.9. The van der Waals surface area contributed by atoms with Gasteiger partial charge in [0.25, 0.3) is 0 Å². The van der Waals surface area contributed by atoms with E-state index in [1.54, 1.807) is 12.0 Å². The summed E-state index contributed by atoms with van der Waals surface area (Å²) in [5, 5.41) is 11.2. The highest BCUT2D eigenvalue weighted by Crippen LogP contribution is 2.47. The van der Waals surface area contributed by atoms with Gasteiger partial charge in [-0.25, -0.2) is 0 Å². The Hall–Kier alpha value is -3.46. The van der Waals surface area contributed by atoms with Crippen LogP contribution in [-0.4, -0.2) is 68.9 Å². The van der Waals surface area contributed by atoms with Crippen molar-refractivity contribution < 1.29 is 24.2 Å². The lowest BCUT2D eigenvalue weighted by Gasteiger charge is -2.36. The molecule has 234 valence electrons. The fourth-order valence-corrected chi connectivity index (χ4v) is 11.6. The number of hydrogen-bond acceptors (Lipinski definition) is 5. The van der Waals surface area contributed by atoms with Crippen molar-refractivity contribution in [2.45, 2.75) is 75.9 Å². The van der Waals surface area contributed by atoms with Crippen LogP contribution in [0.3, 0.4) is 0 Å². The molecule has 2 saturated heterocycles. The van der Waals surface area contributed by atoms with Crippen molar-refractivity contribution >= 4 is 37.0 Å². The third-order valence-corrected chi connectivity index (χ3v) is 14.3. The number of carbonyl (C=O) groups excluding carboxylic acids is 2. The topological polar surface area (TPSA) is 79.3 Å². The maximum atomic E-state index is 13.6. The molecule has 0 aliphatic carbocycles. The number of aliphatic hydroxyl groups excluding tert-OH is 1. The standard InChI is InChI=1S/C36H46N2O5Si/c1-26-33(20-15-27-10-8-13-29(22-27)38(25-40)28-11-6-5-7-12-28)43-34(23-35(41)37-21-9-14-30(37)24-39)36(26)44(3,4)32-18-16-31(42-2)17-19-32/h5-8,10-13,16-19,22,25-26,30,33-34,36,39H,9,14-15,20-21,23-24H2,1-4H3/t26-,30-,33+,34-,36+/m0/s1. The molecule has 0 unspecified atom stereocenters. The molecule has 5 atom stereocenters. The highest BCUT2D eigenvalue weighted by molar-refractivity contribution is 6.91. The van der Waals surface area contributed by atoms with Crippen molar-refractivity contribution in [1.29, 1.82) is 0 Å². The van der Waals surface area contributed by atoms with E-state index in [0.29, 0.717) is 13.0 Å². The molecule has 8 heteroatoms. The molecular formula is C36H46N2O5Si. The summed E-state index contributed by atoms with van der Waals surface area (Å²) in [5.74, 6) is 1.19. The fraction of sp³-hybridized carbons (Fsp3) is 0.444. The summed E-state index contributed by atoms with van der Waals surface area (Å²) in [4.78, 5) is 29.2. The normalized spacial score (nSPS) is 23.5. The number of para-hydroxylation sites is 1. The van der Waals surface area contributed by atoms with E-state index in [1.807, 2.05) is 59.5 Å². The molecule has 0 aromatic heterocycles. The van der Waals surface area contributed by atoms with Crippen molar-refractivity contribution in [3.8, 4) is 5.75 Å². The van der Waals surface area contributed by atoms with Crippen molar-refractivity contribution in [3.05, 3.63) is 84.4 Å². The number of carbonyl (C=O) groups is 2. The second-order valence-electron chi connectivity index (χ2n) is 12.8. The monoisotopic (exact) mass is 614 g/mol. The minimum Gasteiger partial charge on any atom is -0.497 e. The molecule has 2 aliphatic heterocycles. The molecule has 2 amide bonds. The number of amides is 2. The maximum Gasteiger partial charge on any atom is 0.225 e. The van der Waals surface area contributed by atoms with E-state index >= 15 is 0 Å². The largest absolute Gasteiger partial charge is 0.497 e. The molecule has 0 spiro atoms. The summed E-state index contributed by atoms with van der Waals surface area (Å²) < 4.78 is 12.3. The van der Waals surface area contributed by atoms with E-state index in [-0.39, 0.29) is 42.2 Å². The number of rotatable bonds is 12. The summed E-state index contributed by atoms with van der Waals surface area (Å²) >= 11 is 0. The first-order valence-electron chi connectivity index (χ1n) is 15.9. The second-order valence-corrected chi connectivity index (χ2v) is 17.5. The number of benzene rings is 3. The lowest BCUT2D eigenvalue weighted by atomic mass is 9.95. The Balaban J connectivity index is 1.36. The summed E-state index contributed by atoms with van der Waals surface area (Å²) in [6.07, 6.45) is 4.45. The number of hydrogen-bond donors (Lipinski definition) is 1. The number of methoxy groups -OCH3 is 1. The Morgan fingerprint density at radius 1 is 1.05 bits per heavy atom. The van der Waals surface area contributed by atoms with Crippen LogP contribution >= 0.6 is 0 Å². The highest BCUT2D eigenvalue weighted by atomic mass is 28.3. The van der Waals surface area contributed by atoms with Gasteiger partial charge in [0.15, 0.2) is 0 Å². The fourth-order valence-electron chi connectivity index (χ4n) is 7.52. The van der Waals surface area contributed by atoms with Crippen LogP contribution in [0.15, 0.2) is 78.9 Å². The van der Waals surface area contributed by atoms with Crippen LogP contribution in [0.1, 0.15) is 38.2 Å². The Morgan fingerprint density at radius 3 is 2.45 bits per heavy atom. The predicted molar refractivity (Wildman–Crippen MR) is 178 cm³/mol. The average molecular weight is 615 g/mol. The van der Waals surface area contributed by atoms with Gasteiger partial charge in [-0.1, -0.05) is 67.7 Å². The molecule has 1 N–H and O–H groups in total. The van der Waals surface area contributed by atoms with Gasteiger partial charge in [-0.3, -0.25) is 14.5 Å². The van der Waals surface area contributed by atoms with Crippen LogP contribution in [0.5, 0.6) is 5.75 Å². The molecule has 5 rings (SSSR count). The van der Waals surface area contributed by atoms with Crippen LogP contribution in [0, 0.1) is 5.92 Å². The van der Waals surface area contributed by atoms with Crippen LogP contribution in [0.25, 0.3) is 0 Å². The molecule has 2 fully saturated rings. The van der Waals surface area contributed by atoms with Crippen molar-refractivity contribution in [3.63, 3.8) is 0 Å². The van der Waals surface area contributed by atoms with Crippen LogP contribution < -0.4 is 14.8 Å². The summed E-state index contributed by atoms with van der Waals surface area (Å²) in [5.41, 5.74) is 3.05. The maximum absolute atomic E-state index is 13.6. The number of likely N-dealkylation sites (tertiary alicyclic amines) is 1. The van der Waals surface area contributed by atoms with E-state index in [1.165, 1.54) is 5.19 Å². The van der Waals surface area contributed by atoms with Gasteiger partial charge >= 0.3 is 0 Å². The van der Waals surface area contributed by atoms with E-state index in [9.17, 15) is 14.7 Å². The summed E-state index contributed by atoms with van der Waals surface area (Å²) in [6, 6.07) is 26.1. The Bertz CT molecular complexity index is 1400. The molecule has 44 heavy (non-hydrogen) atoms. The second kappa shape index (κ2) is 14.1. The van der Waals surface area contributed by atoms with Gasteiger partial charge in [0, 0.05) is 17.9 Å². The van der Waals surface area contributed by atoms with Crippen LogP contribution in [-0.2, 0) is 20.7 Å². The molecule has 3 aromatic rings. The van der Waals surface area contributed by atoms with Crippen LogP contribution in [0.4, 0.5) is 11.4 Å². The first-order chi connectivity index (χ1) is 21.3. The van der Waals surface area contributed by atoms with E-state index in [4.69, 9.17) is 9.47 Å². The number of aryl methyl sites for hydroxylation is 1. The zero-order valence-electron chi connectivity index (χ0n) is 26.4. The number of ether oxygens (including phenoxy) is 2. The SMILES string of the molecule is COc1ccc([Si](C)(C)[C@@H]2[C@@H](C)[C@@H](CCc3cccc(N(C=O)c4ccccc4)c3)O[C@H]2CC(=O)N2CCC[C@H]2CO)cc1. The van der Waals surface area contributed by atoms with Crippen LogP contribution in [0.2, 0.25) is 18.6 Å². The zero-order valence-corrected chi connectivity index (χ0v) is 27.4. The number of anilines is 2. The highest BCUT2D eigenvalue weighted by Gasteiger charge is 2.51. The van der Waals surface area contributed by atoms with E-state index in [2.05, 4.69) is 44.3 Å². The van der Waals surface area contributed by atoms with Gasteiger partial charge < -0.3 is 19.5 Å². The van der Waals surface area contributed by atoms with Gasteiger partial charge in [-0.05, 0) is 79.1 Å². The van der Waals surface area contributed by atoms with Gasteiger partial charge in [0.2, 0.25) is 12.3 Å². The summed E-state index contributed by atoms with van der Waals surface area (Å²) in [6.45, 7) is 7.80. The lowest BCUT2D eigenvalue weighted by Crippen LogP contribution is -2.51. The van der Waals surface area contributed by atoms with E-state index < -0.39 is 8.07 Å². The number of aliphatic hydroxyl groups is 1. The van der Waals surface area contributed by atoms with Crippen molar-refractivity contribution in [2.75, 3.05) is 25.2 Å². The average Bonchev–Trinajstić information content (AvgIpc) is 3.65. The zero-order chi connectivity index (χ0) is 31.3. The third kappa shape index (κ3) is 6.77. The molecule has 2 heterocycles. The number of nitrogens with zero attached hydrogens (tertiary/aromatic N) is 2. The molecular weight excluding hydrogens is 568 g/mol. The minimum atomic E-state index is -2.10. The molecule has 0 saturated carbocycles. The van der Waals surface area contributed by atoms with Crippen molar-refractivity contribution in [2.24, 2.45) is 5.92 Å². The molecule has 0 radical (unpaired) electrons. The Kier molecular flexibility index (Phi) is 10.2. The van der Waals surface area contributed by atoms with Gasteiger partial charge in [-0.15, -0.1) is 0 Å². The first-order valence-corrected chi connectivity index (χ1v) is 18.9. The Morgan fingerprint density at radius 2 is 1.77 bits per heavy atom. The van der Waals surface area contributed by atoms with E-state index in [0.717, 1.165) is 54.8 Å². The summed E-state index contributed by atoms with van der Waals surface area (Å²) in [7, 11) is -0.419. The van der Waals surface area contributed by atoms with Crippen molar-refractivity contribution in [1.82, 2.24) is 4.90 Å². The molecule has 2 aliphatic rings. The lowest BCUT2D eigenvalue weighted by molar-refractivity contribution is -0.135. The Labute approximate surface area is 262 Å². The van der Waals surface area contributed by atoms with Gasteiger partial charge in [-0.2, -0.15) is 0 Å². The van der Waals surface area contributed by atoms with Gasteiger partial charge in [0.1, 0.15) is 5.75 Å². The molecule has 7 nitrogen and oxygen atoms in total. The molecule has 3 aromatic carbocycles. The smallest absolute Gasteiger partial charge is 0.225 e. The minimum absolute atomic E-state index is 0.00925. The predicted octanol–water partition coefficient (Wildman–Crippen LogP) is 5.69.